The smallest absolute Gasteiger partial charge is 0.417 e. The van der Waals surface area contributed by atoms with Crippen LogP contribution in [0.5, 0.6) is 0 Å². The molecule has 3 N–H and O–H groups in total. The Balaban J connectivity index is 1.71. The van der Waals surface area contributed by atoms with Crippen molar-refractivity contribution >= 4 is 40.9 Å². The number of alkyl halides is 4. The van der Waals surface area contributed by atoms with Gasteiger partial charge in [0.25, 0.3) is 0 Å². The summed E-state index contributed by atoms with van der Waals surface area (Å²) in [5.74, 6) is -1.60. The number of amides is 2. The number of carbonyl (C=O) groups is 2. The maximum Gasteiger partial charge on any atom is 0.417 e. The van der Waals surface area contributed by atoms with Gasteiger partial charge in [-0.2, -0.15) is 13.2 Å². The van der Waals surface area contributed by atoms with E-state index in [2.05, 4.69) is 10.6 Å². The number of carboxylic acids is 1. The first kappa shape index (κ1) is 25.3. The molecule has 34 heavy (non-hydrogen) atoms. The Morgan fingerprint density at radius 1 is 0.971 bits per heavy atom. The Labute approximate surface area is 201 Å². The van der Waals surface area contributed by atoms with E-state index < -0.39 is 29.9 Å². The third-order valence-electron chi connectivity index (χ3n) is 4.74. The van der Waals surface area contributed by atoms with Gasteiger partial charge in [0.15, 0.2) is 0 Å². The number of carboxylic acid groups (broad SMARTS) is 1. The third-order valence-corrected chi connectivity index (χ3v) is 5.34. The normalized spacial score (nSPS) is 12.2. The number of nitrogens with one attached hydrogen (secondary N) is 2. The van der Waals surface area contributed by atoms with E-state index >= 15 is 0 Å². The topological polar surface area (TPSA) is 78.4 Å². The Hall–Kier alpha value is -3.30. The Morgan fingerprint density at radius 2 is 1.56 bits per heavy atom. The number of hydrogen-bond acceptors (Lipinski definition) is 2. The molecule has 0 fully saturated rings. The second kappa shape index (κ2) is 10.3. The molecule has 178 valence electrons. The molecule has 0 aromatic heterocycles. The molecule has 3 aromatic carbocycles. The molecule has 0 radical (unpaired) electrons. The zero-order valence-electron chi connectivity index (χ0n) is 17.1. The van der Waals surface area contributed by atoms with Crippen molar-refractivity contribution in [2.75, 3.05) is 5.32 Å². The minimum atomic E-state index is -4.61. The Bertz CT molecular complexity index is 1190. The molecule has 0 saturated heterocycles. The van der Waals surface area contributed by atoms with Gasteiger partial charge < -0.3 is 15.7 Å². The van der Waals surface area contributed by atoms with E-state index in [0.29, 0.717) is 5.56 Å². The fourth-order valence-corrected chi connectivity index (χ4v) is 3.85. The number of benzene rings is 3. The zero-order valence-corrected chi connectivity index (χ0v) is 18.6. The first-order chi connectivity index (χ1) is 16.0. The van der Waals surface area contributed by atoms with Gasteiger partial charge in [0.05, 0.1) is 15.6 Å². The summed E-state index contributed by atoms with van der Waals surface area (Å²) in [7, 11) is 0. The quantitative estimate of drug-likeness (QED) is 0.307. The molecule has 3 rings (SSSR count). The van der Waals surface area contributed by atoms with Gasteiger partial charge in [-0.25, -0.2) is 14.0 Å². The molecule has 1 unspecified atom stereocenters. The lowest BCUT2D eigenvalue weighted by atomic mass is 9.99. The highest BCUT2D eigenvalue weighted by Crippen LogP contribution is 2.43. The van der Waals surface area contributed by atoms with Crippen LogP contribution in [0.25, 0.3) is 11.1 Å². The maximum atomic E-state index is 13.5. The fourth-order valence-electron chi connectivity index (χ4n) is 3.16. The molecule has 0 saturated carbocycles. The van der Waals surface area contributed by atoms with E-state index in [-0.39, 0.29) is 39.0 Å². The first-order valence-electron chi connectivity index (χ1n) is 9.63. The van der Waals surface area contributed by atoms with Crippen molar-refractivity contribution in [3.05, 3.63) is 87.4 Å². The van der Waals surface area contributed by atoms with Crippen LogP contribution in [0.1, 0.15) is 22.9 Å². The number of urea groups is 1. The van der Waals surface area contributed by atoms with Crippen LogP contribution in [0, 0.1) is 0 Å². The van der Waals surface area contributed by atoms with Gasteiger partial charge in [0, 0.05) is 17.8 Å². The van der Waals surface area contributed by atoms with Crippen molar-refractivity contribution < 1.29 is 32.3 Å². The van der Waals surface area contributed by atoms with Crippen molar-refractivity contribution in [2.24, 2.45) is 0 Å². The van der Waals surface area contributed by atoms with E-state index in [4.69, 9.17) is 28.3 Å². The molecule has 0 aliphatic heterocycles. The van der Waals surface area contributed by atoms with Crippen LogP contribution in [-0.4, -0.2) is 17.1 Å². The molecule has 1 atom stereocenters. The second-order valence-corrected chi connectivity index (χ2v) is 7.92. The summed E-state index contributed by atoms with van der Waals surface area (Å²) in [5, 5.41) is 13.5. The minimum absolute atomic E-state index is 0.0187. The van der Waals surface area contributed by atoms with Gasteiger partial charge in [-0.1, -0.05) is 65.7 Å². The van der Waals surface area contributed by atoms with Gasteiger partial charge in [0.2, 0.25) is 6.17 Å². The largest absolute Gasteiger partial charge is 0.479 e. The summed E-state index contributed by atoms with van der Waals surface area (Å²) < 4.78 is 53.6. The average Bonchev–Trinajstić information content (AvgIpc) is 2.76. The number of anilines is 1. The van der Waals surface area contributed by atoms with E-state index in [1.807, 2.05) is 0 Å². The Kier molecular flexibility index (Phi) is 7.68. The van der Waals surface area contributed by atoms with Gasteiger partial charge in [0.1, 0.15) is 0 Å². The zero-order chi connectivity index (χ0) is 25.0. The van der Waals surface area contributed by atoms with Crippen molar-refractivity contribution in [3.8, 4) is 11.1 Å². The summed E-state index contributed by atoms with van der Waals surface area (Å²) in [4.78, 5) is 22.9. The second-order valence-electron chi connectivity index (χ2n) is 7.11. The van der Waals surface area contributed by atoms with Gasteiger partial charge in [-0.15, -0.1) is 0 Å². The van der Waals surface area contributed by atoms with Crippen LogP contribution >= 0.6 is 23.2 Å². The highest BCUT2D eigenvalue weighted by molar-refractivity contribution is 6.39. The summed E-state index contributed by atoms with van der Waals surface area (Å²) >= 11 is 12.4. The van der Waals surface area contributed by atoms with E-state index in [0.717, 1.165) is 6.07 Å². The van der Waals surface area contributed by atoms with Crippen LogP contribution in [-0.2, 0) is 17.5 Å². The lowest BCUT2D eigenvalue weighted by Gasteiger charge is -2.16. The molecule has 0 aliphatic carbocycles. The van der Waals surface area contributed by atoms with Crippen molar-refractivity contribution in [1.82, 2.24) is 5.32 Å². The molecule has 5 nitrogen and oxygen atoms in total. The van der Waals surface area contributed by atoms with Crippen LogP contribution < -0.4 is 10.6 Å². The molecule has 0 heterocycles. The first-order valence-corrected chi connectivity index (χ1v) is 10.4. The minimum Gasteiger partial charge on any atom is -0.479 e. The van der Waals surface area contributed by atoms with E-state index in [1.54, 1.807) is 0 Å². The van der Waals surface area contributed by atoms with Crippen LogP contribution in [0.2, 0.25) is 10.0 Å². The molecule has 0 spiro atoms. The number of halogens is 6. The summed E-state index contributed by atoms with van der Waals surface area (Å²) in [6, 6.07) is 12.3. The lowest BCUT2D eigenvalue weighted by Crippen LogP contribution is -2.28. The number of carbonyl (C=O) groups excluding carboxylic acids is 1. The molecule has 2 amide bonds. The average molecular weight is 515 g/mol. The van der Waals surface area contributed by atoms with Crippen molar-refractivity contribution in [3.63, 3.8) is 0 Å². The predicted octanol–water partition coefficient (Wildman–Crippen LogP) is 7.10. The SMILES string of the molecule is O=C(NCc1ccc(C(F)C(=O)O)cc1)Nc1cc(Cl)c(-c2ccccc2C(F)(F)F)c(Cl)c1. The fraction of sp³-hybridized carbons (Fsp3) is 0.130. The molecular weight excluding hydrogens is 499 g/mol. The molecular formula is C23H16Cl2F4N2O3. The maximum absolute atomic E-state index is 13.5. The highest BCUT2D eigenvalue weighted by atomic mass is 35.5. The molecule has 0 bridgehead atoms. The molecule has 11 heteroatoms. The highest BCUT2D eigenvalue weighted by Gasteiger charge is 2.34. The van der Waals surface area contributed by atoms with Crippen LogP contribution in [0.4, 0.5) is 28.0 Å². The van der Waals surface area contributed by atoms with Gasteiger partial charge in [-0.3, -0.25) is 0 Å². The summed E-state index contributed by atoms with van der Waals surface area (Å²) in [6.07, 6.45) is -6.76. The number of aliphatic carboxylic acids is 1. The van der Waals surface area contributed by atoms with Crippen molar-refractivity contribution in [2.45, 2.75) is 18.9 Å². The molecule has 3 aromatic rings. The van der Waals surface area contributed by atoms with Crippen molar-refractivity contribution in [1.29, 1.82) is 0 Å². The van der Waals surface area contributed by atoms with Crippen LogP contribution in [0.15, 0.2) is 60.7 Å². The van der Waals surface area contributed by atoms with Gasteiger partial charge >= 0.3 is 18.2 Å². The van der Waals surface area contributed by atoms with Gasteiger partial charge in [-0.05, 0) is 34.9 Å². The molecule has 0 aliphatic rings. The monoisotopic (exact) mass is 514 g/mol. The predicted molar refractivity (Wildman–Crippen MR) is 121 cm³/mol. The summed E-state index contributed by atoms with van der Waals surface area (Å²) in [5.41, 5.74) is -0.412. The van der Waals surface area contributed by atoms with Crippen LogP contribution in [0.3, 0.4) is 0 Å². The third kappa shape index (κ3) is 5.98. The lowest BCUT2D eigenvalue weighted by molar-refractivity contribution is -0.143. The summed E-state index contributed by atoms with van der Waals surface area (Å²) in [6.45, 7) is 0.0364. The number of hydrogen-bond donors (Lipinski definition) is 3. The standard InChI is InChI=1S/C23H16Cl2F4N2O3/c24-17-9-14(10-18(25)19(17)15-3-1-2-4-16(15)23(27,28)29)31-22(34)30-11-12-5-7-13(8-6-12)20(26)21(32)33/h1-10,20H,11H2,(H,32,33)(H2,30,31,34). The van der Waals surface area contributed by atoms with E-state index in [9.17, 15) is 27.2 Å². The van der Waals surface area contributed by atoms with E-state index in [1.165, 1.54) is 54.6 Å². The number of rotatable bonds is 6. The Morgan fingerprint density at radius 3 is 2.12 bits per heavy atom.